The summed E-state index contributed by atoms with van der Waals surface area (Å²) in [5.74, 6) is 2.00. The van der Waals surface area contributed by atoms with Crippen molar-refractivity contribution in [2.75, 3.05) is 39.9 Å². The molecule has 0 saturated carbocycles. The molecule has 94 valence electrons. The van der Waals surface area contributed by atoms with Gasteiger partial charge in [0, 0.05) is 13.6 Å². The molecule has 0 radical (unpaired) electrons. The van der Waals surface area contributed by atoms with E-state index in [1.807, 2.05) is 0 Å². The van der Waals surface area contributed by atoms with Crippen LogP contribution in [0.2, 0.25) is 0 Å². The highest BCUT2D eigenvalue weighted by Gasteiger charge is 2.29. The van der Waals surface area contributed by atoms with E-state index in [0.717, 1.165) is 0 Å². The van der Waals surface area contributed by atoms with E-state index in [1.54, 1.807) is 11.9 Å². The van der Waals surface area contributed by atoms with Gasteiger partial charge in [-0.05, 0) is 0 Å². The molecule has 1 saturated heterocycles. The quantitative estimate of drug-likeness (QED) is 0.567. The Bertz CT molecular complexity index is 324. The summed E-state index contributed by atoms with van der Waals surface area (Å²) in [6.07, 6.45) is 5.04. The molecule has 2 N–H and O–H groups in total. The summed E-state index contributed by atoms with van der Waals surface area (Å²) in [5, 5.41) is 5.12. The lowest BCUT2D eigenvalue weighted by atomic mass is 10.2. The van der Waals surface area contributed by atoms with Gasteiger partial charge in [-0.2, -0.15) is 0 Å². The molecule has 0 aromatic rings. The van der Waals surface area contributed by atoms with Crippen molar-refractivity contribution in [3.63, 3.8) is 0 Å². The minimum atomic E-state index is -0.412. The second-order valence-electron chi connectivity index (χ2n) is 3.66. The summed E-state index contributed by atoms with van der Waals surface area (Å²) in [6.45, 7) is 1.75. The number of carbonyl (C=O) groups is 2. The average molecular weight is 239 g/mol. The number of morpholine rings is 1. The minimum absolute atomic E-state index is 0.144. The van der Waals surface area contributed by atoms with Gasteiger partial charge in [-0.25, -0.2) is 0 Å². The van der Waals surface area contributed by atoms with Crippen molar-refractivity contribution < 1.29 is 14.3 Å². The Hall–Kier alpha value is -1.58. The van der Waals surface area contributed by atoms with Gasteiger partial charge in [-0.1, -0.05) is 5.92 Å². The van der Waals surface area contributed by atoms with Crippen molar-refractivity contribution in [1.82, 2.24) is 15.5 Å². The summed E-state index contributed by atoms with van der Waals surface area (Å²) in [5.41, 5.74) is 0. The monoisotopic (exact) mass is 239 g/mol. The molecule has 1 aliphatic heterocycles. The first-order valence-corrected chi connectivity index (χ1v) is 5.42. The first-order valence-electron chi connectivity index (χ1n) is 5.42. The number of hydrogen-bond donors (Lipinski definition) is 2. The second kappa shape index (κ2) is 6.89. The molecule has 6 nitrogen and oxygen atoms in total. The van der Waals surface area contributed by atoms with Crippen LogP contribution in [0.5, 0.6) is 0 Å². The van der Waals surface area contributed by atoms with Gasteiger partial charge in [-0.3, -0.25) is 14.5 Å². The molecular formula is C11H17N3O3. The number of nitrogens with zero attached hydrogens (tertiary/aromatic N) is 1. The Morgan fingerprint density at radius 2 is 2.35 bits per heavy atom. The fraction of sp³-hybridized carbons (Fsp3) is 0.636. The zero-order valence-electron chi connectivity index (χ0n) is 9.86. The van der Waals surface area contributed by atoms with Crippen molar-refractivity contribution in [2.24, 2.45) is 0 Å². The molecule has 1 atom stereocenters. The van der Waals surface area contributed by atoms with E-state index in [9.17, 15) is 9.59 Å². The molecule has 1 rings (SSSR count). The van der Waals surface area contributed by atoms with Crippen LogP contribution in [0.4, 0.5) is 0 Å². The van der Waals surface area contributed by atoms with Crippen molar-refractivity contribution in [3.8, 4) is 12.3 Å². The van der Waals surface area contributed by atoms with Crippen LogP contribution in [0.15, 0.2) is 0 Å². The maximum atomic E-state index is 11.6. The largest absolute Gasteiger partial charge is 0.378 e. The predicted octanol–water partition coefficient (Wildman–Crippen LogP) is -1.82. The third kappa shape index (κ3) is 4.06. The van der Waals surface area contributed by atoms with Gasteiger partial charge in [0.25, 0.3) is 0 Å². The lowest BCUT2D eigenvalue weighted by Crippen LogP contribution is -2.55. The lowest BCUT2D eigenvalue weighted by Gasteiger charge is -2.33. The van der Waals surface area contributed by atoms with E-state index in [-0.39, 0.29) is 24.9 Å². The Morgan fingerprint density at radius 1 is 1.59 bits per heavy atom. The lowest BCUT2D eigenvalue weighted by molar-refractivity contribution is -0.134. The maximum absolute atomic E-state index is 11.6. The number of ether oxygens (including phenoxy) is 1. The topological polar surface area (TPSA) is 70.7 Å². The van der Waals surface area contributed by atoms with E-state index < -0.39 is 6.04 Å². The molecule has 1 unspecified atom stereocenters. The number of nitrogens with one attached hydrogen (secondary N) is 2. The average Bonchev–Trinajstić information content (AvgIpc) is 2.36. The van der Waals surface area contributed by atoms with Crippen LogP contribution in [-0.2, 0) is 14.3 Å². The first-order chi connectivity index (χ1) is 8.19. The highest BCUT2D eigenvalue weighted by molar-refractivity contribution is 5.83. The number of carbonyl (C=O) groups excluding carboxylic acids is 2. The zero-order valence-corrected chi connectivity index (χ0v) is 9.86. The molecule has 17 heavy (non-hydrogen) atoms. The Morgan fingerprint density at radius 3 is 3.00 bits per heavy atom. The van der Waals surface area contributed by atoms with Gasteiger partial charge >= 0.3 is 0 Å². The molecule has 1 heterocycles. The van der Waals surface area contributed by atoms with E-state index in [0.29, 0.717) is 19.8 Å². The van der Waals surface area contributed by atoms with Crippen LogP contribution in [0.1, 0.15) is 0 Å². The molecule has 0 bridgehead atoms. The fourth-order valence-electron chi connectivity index (χ4n) is 1.63. The summed E-state index contributed by atoms with van der Waals surface area (Å²) in [4.78, 5) is 24.9. The Balaban J connectivity index is 2.51. The van der Waals surface area contributed by atoms with E-state index in [1.165, 1.54) is 0 Å². The SMILES string of the molecule is C#CCNC(=O)CN1CCOCC1C(=O)NC. The van der Waals surface area contributed by atoms with Crippen LogP contribution >= 0.6 is 0 Å². The number of amides is 2. The van der Waals surface area contributed by atoms with Crippen LogP contribution in [0.25, 0.3) is 0 Å². The number of likely N-dealkylation sites (N-methyl/N-ethyl adjacent to an activating group) is 1. The van der Waals surface area contributed by atoms with Crippen LogP contribution in [-0.4, -0.2) is 62.7 Å². The van der Waals surface area contributed by atoms with E-state index in [2.05, 4.69) is 16.6 Å². The fourth-order valence-corrected chi connectivity index (χ4v) is 1.63. The van der Waals surface area contributed by atoms with Crippen LogP contribution in [0, 0.1) is 12.3 Å². The van der Waals surface area contributed by atoms with E-state index in [4.69, 9.17) is 11.2 Å². The summed E-state index contributed by atoms with van der Waals surface area (Å²) < 4.78 is 5.23. The van der Waals surface area contributed by atoms with Crippen molar-refractivity contribution in [1.29, 1.82) is 0 Å². The van der Waals surface area contributed by atoms with Gasteiger partial charge in [0.1, 0.15) is 6.04 Å². The maximum Gasteiger partial charge on any atom is 0.239 e. The molecule has 0 aromatic carbocycles. The van der Waals surface area contributed by atoms with Gasteiger partial charge in [0.05, 0.1) is 26.3 Å². The summed E-state index contributed by atoms with van der Waals surface area (Å²) in [7, 11) is 1.56. The normalized spacial score (nSPS) is 20.4. The third-order valence-corrected chi connectivity index (χ3v) is 2.52. The number of rotatable bonds is 4. The van der Waals surface area contributed by atoms with Crippen molar-refractivity contribution in [2.45, 2.75) is 6.04 Å². The molecule has 0 spiro atoms. The van der Waals surface area contributed by atoms with Crippen molar-refractivity contribution >= 4 is 11.8 Å². The predicted molar refractivity (Wildman–Crippen MR) is 62.1 cm³/mol. The van der Waals surface area contributed by atoms with Gasteiger partial charge in [0.15, 0.2) is 0 Å². The Labute approximate surface area is 101 Å². The van der Waals surface area contributed by atoms with Gasteiger partial charge < -0.3 is 15.4 Å². The molecule has 0 aromatic heterocycles. The Kier molecular flexibility index (Phi) is 5.46. The second-order valence-corrected chi connectivity index (χ2v) is 3.66. The molecule has 1 aliphatic rings. The molecule has 6 heteroatoms. The molecule has 0 aliphatic carbocycles. The zero-order chi connectivity index (χ0) is 12.7. The minimum Gasteiger partial charge on any atom is -0.378 e. The summed E-state index contributed by atoms with van der Waals surface area (Å²) >= 11 is 0. The molecule has 2 amide bonds. The number of hydrogen-bond acceptors (Lipinski definition) is 4. The van der Waals surface area contributed by atoms with Crippen molar-refractivity contribution in [3.05, 3.63) is 0 Å². The van der Waals surface area contributed by atoms with Gasteiger partial charge in [-0.15, -0.1) is 6.42 Å². The van der Waals surface area contributed by atoms with Crippen LogP contribution in [0.3, 0.4) is 0 Å². The highest BCUT2D eigenvalue weighted by Crippen LogP contribution is 2.06. The first kappa shape index (κ1) is 13.5. The third-order valence-electron chi connectivity index (χ3n) is 2.52. The molecule has 1 fully saturated rings. The van der Waals surface area contributed by atoms with Gasteiger partial charge in [0.2, 0.25) is 11.8 Å². The highest BCUT2D eigenvalue weighted by atomic mass is 16.5. The molecular weight excluding hydrogens is 222 g/mol. The number of terminal acetylenes is 1. The van der Waals surface area contributed by atoms with E-state index >= 15 is 0 Å². The van der Waals surface area contributed by atoms with Crippen LogP contribution < -0.4 is 10.6 Å². The standard InChI is InChI=1S/C11H17N3O3/c1-3-4-13-10(15)7-14-5-6-17-8-9(14)11(16)12-2/h1,9H,4-8H2,2H3,(H,12,16)(H,13,15). The smallest absolute Gasteiger partial charge is 0.239 e. The summed E-state index contributed by atoms with van der Waals surface area (Å²) in [6, 6.07) is -0.412.